The molecule has 1 amide bonds. The van der Waals surface area contributed by atoms with Gasteiger partial charge in [-0.05, 0) is 30.9 Å². The molecule has 1 fully saturated rings. The molecule has 2 atom stereocenters. The Morgan fingerprint density at radius 3 is 2.95 bits per heavy atom. The molecule has 1 aromatic carbocycles. The summed E-state index contributed by atoms with van der Waals surface area (Å²) in [7, 11) is 0. The van der Waals surface area contributed by atoms with Crippen LogP contribution in [0.5, 0.6) is 0 Å². The lowest BCUT2D eigenvalue weighted by molar-refractivity contribution is -0.384. The number of amides is 1. The van der Waals surface area contributed by atoms with E-state index in [9.17, 15) is 14.9 Å². The van der Waals surface area contributed by atoms with Gasteiger partial charge >= 0.3 is 0 Å². The van der Waals surface area contributed by atoms with Crippen molar-refractivity contribution >= 4 is 24.0 Å². The first-order valence-corrected chi connectivity index (χ1v) is 7.29. The zero-order valence-electron chi connectivity index (χ0n) is 12.6. The largest absolute Gasteiger partial charge is 0.352 e. The summed E-state index contributed by atoms with van der Waals surface area (Å²) in [6.07, 6.45) is 1.93. The van der Waals surface area contributed by atoms with Crippen molar-refractivity contribution in [3.63, 3.8) is 0 Å². The van der Waals surface area contributed by atoms with Gasteiger partial charge in [0.1, 0.15) is 0 Å². The summed E-state index contributed by atoms with van der Waals surface area (Å²) in [5.41, 5.74) is 0.882. The van der Waals surface area contributed by atoms with Crippen LogP contribution in [0.25, 0.3) is 0 Å². The highest BCUT2D eigenvalue weighted by atomic mass is 35.5. The maximum atomic E-state index is 12.0. The lowest BCUT2D eigenvalue weighted by Gasteiger charge is -2.30. The number of carbonyl (C=O) groups is 1. The first-order valence-electron chi connectivity index (χ1n) is 7.29. The normalized spacial score (nSPS) is 20.8. The zero-order chi connectivity index (χ0) is 15.2. The van der Waals surface area contributed by atoms with Crippen molar-refractivity contribution in [3.8, 4) is 0 Å². The van der Waals surface area contributed by atoms with Crippen LogP contribution in [0, 0.1) is 16.0 Å². The van der Waals surface area contributed by atoms with Gasteiger partial charge in [-0.15, -0.1) is 12.4 Å². The van der Waals surface area contributed by atoms with E-state index in [0.717, 1.165) is 25.1 Å². The number of hydrogen-bond acceptors (Lipinski definition) is 4. The van der Waals surface area contributed by atoms with E-state index < -0.39 is 4.92 Å². The van der Waals surface area contributed by atoms with Crippen LogP contribution in [0.4, 0.5) is 5.69 Å². The van der Waals surface area contributed by atoms with Crippen LogP contribution < -0.4 is 10.6 Å². The molecule has 1 heterocycles. The number of aryl methyl sites for hydroxylation is 1. The molecule has 0 saturated carbocycles. The number of rotatable bonds is 5. The Balaban J connectivity index is 0.00000242. The number of hydrogen-bond donors (Lipinski definition) is 2. The Bertz CT molecular complexity index is 525. The molecule has 1 saturated heterocycles. The monoisotopic (exact) mass is 327 g/mol. The molecule has 0 aromatic heterocycles. The first-order chi connectivity index (χ1) is 10.1. The van der Waals surface area contributed by atoms with E-state index in [1.165, 1.54) is 12.1 Å². The van der Waals surface area contributed by atoms with E-state index in [0.29, 0.717) is 18.8 Å². The van der Waals surface area contributed by atoms with E-state index >= 15 is 0 Å². The summed E-state index contributed by atoms with van der Waals surface area (Å²) >= 11 is 0. The van der Waals surface area contributed by atoms with Gasteiger partial charge in [0.05, 0.1) is 4.92 Å². The number of piperidine rings is 1. The fraction of sp³-hybridized carbons (Fsp3) is 0.533. The fourth-order valence-corrected chi connectivity index (χ4v) is 2.55. The number of nitro groups is 1. The molecule has 0 bridgehead atoms. The minimum atomic E-state index is -0.418. The van der Waals surface area contributed by atoms with Gasteiger partial charge in [0.25, 0.3) is 5.69 Å². The molecule has 2 rings (SSSR count). The van der Waals surface area contributed by atoms with Crippen LogP contribution in [0.3, 0.4) is 0 Å². The Morgan fingerprint density at radius 2 is 2.27 bits per heavy atom. The third kappa shape index (κ3) is 5.27. The van der Waals surface area contributed by atoms with Gasteiger partial charge in [0.15, 0.2) is 0 Å². The highest BCUT2D eigenvalue weighted by Crippen LogP contribution is 2.15. The van der Waals surface area contributed by atoms with Gasteiger partial charge in [-0.2, -0.15) is 0 Å². The van der Waals surface area contributed by atoms with Crippen LogP contribution in [0.15, 0.2) is 24.3 Å². The van der Waals surface area contributed by atoms with Crippen molar-refractivity contribution in [1.82, 2.24) is 10.6 Å². The zero-order valence-corrected chi connectivity index (χ0v) is 13.4. The van der Waals surface area contributed by atoms with Crippen LogP contribution >= 0.6 is 12.4 Å². The molecular weight excluding hydrogens is 306 g/mol. The van der Waals surface area contributed by atoms with E-state index in [-0.39, 0.29) is 30.0 Å². The maximum absolute atomic E-state index is 12.0. The van der Waals surface area contributed by atoms with E-state index in [4.69, 9.17) is 0 Å². The number of halogens is 1. The molecule has 0 radical (unpaired) electrons. The minimum Gasteiger partial charge on any atom is -0.352 e. The smallest absolute Gasteiger partial charge is 0.269 e. The van der Waals surface area contributed by atoms with Gasteiger partial charge in [0, 0.05) is 31.1 Å². The molecule has 1 aromatic rings. The number of nitrogens with one attached hydrogen (secondary N) is 2. The third-order valence-corrected chi connectivity index (χ3v) is 3.94. The highest BCUT2D eigenvalue weighted by Gasteiger charge is 2.22. The van der Waals surface area contributed by atoms with Gasteiger partial charge in [-0.1, -0.05) is 19.1 Å². The number of carbonyl (C=O) groups excluding carboxylic acids is 1. The van der Waals surface area contributed by atoms with Gasteiger partial charge < -0.3 is 10.6 Å². The molecule has 0 aliphatic carbocycles. The third-order valence-electron chi connectivity index (χ3n) is 3.94. The lowest BCUT2D eigenvalue weighted by atomic mass is 9.94. The van der Waals surface area contributed by atoms with Crippen molar-refractivity contribution in [3.05, 3.63) is 39.9 Å². The van der Waals surface area contributed by atoms with E-state index in [1.54, 1.807) is 6.07 Å². The number of non-ortho nitro benzene ring substituents is 1. The number of benzene rings is 1. The summed E-state index contributed by atoms with van der Waals surface area (Å²) in [6.45, 7) is 3.96. The summed E-state index contributed by atoms with van der Waals surface area (Å²) in [5, 5.41) is 17.0. The van der Waals surface area contributed by atoms with Crippen LogP contribution in [0.2, 0.25) is 0 Å². The first kappa shape index (κ1) is 18.4. The van der Waals surface area contributed by atoms with E-state index in [2.05, 4.69) is 17.6 Å². The molecule has 6 nitrogen and oxygen atoms in total. The summed E-state index contributed by atoms with van der Waals surface area (Å²) in [6, 6.07) is 6.62. The average Bonchev–Trinajstić information content (AvgIpc) is 2.48. The van der Waals surface area contributed by atoms with Gasteiger partial charge in [-0.3, -0.25) is 14.9 Å². The highest BCUT2D eigenvalue weighted by molar-refractivity contribution is 5.85. The quantitative estimate of drug-likeness (QED) is 0.640. The molecule has 122 valence electrons. The van der Waals surface area contributed by atoms with Crippen molar-refractivity contribution in [2.75, 3.05) is 13.1 Å². The predicted molar refractivity (Wildman–Crippen MR) is 87.2 cm³/mol. The second-order valence-electron chi connectivity index (χ2n) is 5.57. The molecule has 2 unspecified atom stereocenters. The molecule has 7 heteroatoms. The molecule has 1 aliphatic rings. The maximum Gasteiger partial charge on any atom is 0.269 e. The molecule has 2 N–H and O–H groups in total. The number of nitro benzene ring substituents is 1. The molecule has 0 spiro atoms. The summed E-state index contributed by atoms with van der Waals surface area (Å²) in [4.78, 5) is 22.3. The molecule has 1 aliphatic heterocycles. The van der Waals surface area contributed by atoms with Crippen molar-refractivity contribution in [1.29, 1.82) is 0 Å². The second kappa shape index (κ2) is 8.70. The second-order valence-corrected chi connectivity index (χ2v) is 5.57. The fourth-order valence-electron chi connectivity index (χ4n) is 2.55. The average molecular weight is 328 g/mol. The van der Waals surface area contributed by atoms with Crippen molar-refractivity contribution in [2.45, 2.75) is 32.2 Å². The molecular formula is C15H22ClN3O3. The minimum absolute atomic E-state index is 0. The van der Waals surface area contributed by atoms with Crippen LogP contribution in [-0.4, -0.2) is 30.0 Å². The standard InChI is InChI=1S/C15H21N3O3.ClH/c1-11-7-8-16-10-14(11)17-15(19)6-5-12-3-2-4-13(9-12)18(20)21;/h2-4,9,11,14,16H,5-8,10H2,1H3,(H,17,19);1H. The summed E-state index contributed by atoms with van der Waals surface area (Å²) < 4.78 is 0. The van der Waals surface area contributed by atoms with Crippen molar-refractivity contribution < 1.29 is 9.72 Å². The Hall–Kier alpha value is -1.66. The Kier molecular flexibility index (Phi) is 7.27. The van der Waals surface area contributed by atoms with Crippen LogP contribution in [0.1, 0.15) is 25.3 Å². The molecule has 22 heavy (non-hydrogen) atoms. The lowest BCUT2D eigenvalue weighted by Crippen LogP contribution is -2.50. The predicted octanol–water partition coefficient (Wildman–Crippen LogP) is 2.06. The Labute approximate surface area is 136 Å². The van der Waals surface area contributed by atoms with Gasteiger partial charge in [-0.25, -0.2) is 0 Å². The van der Waals surface area contributed by atoms with E-state index in [1.807, 2.05) is 6.07 Å². The summed E-state index contributed by atoms with van der Waals surface area (Å²) in [5.74, 6) is 0.482. The number of nitrogens with zero attached hydrogens (tertiary/aromatic N) is 1. The topological polar surface area (TPSA) is 84.3 Å². The van der Waals surface area contributed by atoms with Crippen LogP contribution in [-0.2, 0) is 11.2 Å². The Morgan fingerprint density at radius 1 is 1.50 bits per heavy atom. The van der Waals surface area contributed by atoms with Crippen molar-refractivity contribution in [2.24, 2.45) is 5.92 Å². The van der Waals surface area contributed by atoms with Gasteiger partial charge in [0.2, 0.25) is 5.91 Å². The SMILES string of the molecule is CC1CCNCC1NC(=O)CCc1cccc([N+](=O)[O-])c1.Cl.